The summed E-state index contributed by atoms with van der Waals surface area (Å²) in [6.45, 7) is 0. The minimum atomic E-state index is -0.304. The molecule has 8 aromatic rings. The Kier molecular flexibility index (Phi) is 8.19. The van der Waals surface area contributed by atoms with E-state index in [0.717, 1.165) is 49.6 Å². The molecular weight excluding hydrogens is 712 g/mol. The molecule has 43 heavy (non-hydrogen) atoms. The summed E-state index contributed by atoms with van der Waals surface area (Å²) in [6, 6.07) is 46.8. The summed E-state index contributed by atoms with van der Waals surface area (Å²) in [7, 11) is 0. The summed E-state index contributed by atoms with van der Waals surface area (Å²) >= 11 is 0. The van der Waals surface area contributed by atoms with Crippen LogP contribution in [0.5, 0.6) is 0 Å². The van der Waals surface area contributed by atoms with Gasteiger partial charge in [-0.2, -0.15) is 0 Å². The largest absolute Gasteiger partial charge is 0.500 e. The smallest absolute Gasteiger partial charge is 0.134 e. The molecule has 0 atom stereocenters. The molecule has 0 fully saturated rings. The fraction of sp³-hybridized carbons (Fsp3) is 0. The van der Waals surface area contributed by atoms with Crippen molar-refractivity contribution in [1.82, 2.24) is 9.97 Å². The molecule has 0 aliphatic rings. The molecular formula is C38H23FIrN2O-2. The first-order valence-corrected chi connectivity index (χ1v) is 13.6. The SMILES string of the molecule is Fc1ccc2c(oc3c(-c4ccccn4)[c-]ccc32)c1-c1cccc2ccccc12.[Ir].[c-]1ccccc1-c1ccccn1. The van der Waals surface area contributed by atoms with Crippen molar-refractivity contribution in [1.29, 1.82) is 0 Å². The number of halogens is 1. The Morgan fingerprint density at radius 2 is 1.28 bits per heavy atom. The summed E-state index contributed by atoms with van der Waals surface area (Å²) in [5.41, 5.74) is 6.06. The molecule has 0 bridgehead atoms. The molecule has 209 valence electrons. The van der Waals surface area contributed by atoms with Gasteiger partial charge < -0.3 is 14.4 Å². The fourth-order valence-corrected chi connectivity index (χ4v) is 5.25. The Hall–Kier alpha value is -4.96. The third-order valence-corrected chi connectivity index (χ3v) is 7.18. The Bertz CT molecular complexity index is 2100. The molecule has 0 aliphatic carbocycles. The van der Waals surface area contributed by atoms with Gasteiger partial charge in [0, 0.05) is 37.9 Å². The molecule has 3 nitrogen and oxygen atoms in total. The van der Waals surface area contributed by atoms with Gasteiger partial charge in [0.1, 0.15) is 11.4 Å². The Balaban J connectivity index is 0.000000213. The normalized spacial score (nSPS) is 10.7. The van der Waals surface area contributed by atoms with Crippen LogP contribution in [-0.2, 0) is 20.1 Å². The first-order valence-electron chi connectivity index (χ1n) is 13.6. The molecule has 0 N–H and O–H groups in total. The van der Waals surface area contributed by atoms with Crippen LogP contribution < -0.4 is 0 Å². The molecule has 5 heteroatoms. The number of hydrogen-bond donors (Lipinski definition) is 0. The number of hydrogen-bond acceptors (Lipinski definition) is 3. The molecule has 5 aromatic carbocycles. The Morgan fingerprint density at radius 1 is 0.558 bits per heavy atom. The van der Waals surface area contributed by atoms with Crippen molar-refractivity contribution in [3.05, 3.63) is 158 Å². The second-order valence-corrected chi connectivity index (χ2v) is 9.73. The van der Waals surface area contributed by atoms with E-state index in [1.165, 1.54) is 6.07 Å². The summed E-state index contributed by atoms with van der Waals surface area (Å²) in [5, 5.41) is 3.85. The quantitative estimate of drug-likeness (QED) is 0.170. The van der Waals surface area contributed by atoms with Crippen LogP contribution in [0.3, 0.4) is 0 Å². The van der Waals surface area contributed by atoms with Gasteiger partial charge in [-0.3, -0.25) is 0 Å². The second kappa shape index (κ2) is 12.5. The molecule has 0 saturated carbocycles. The van der Waals surface area contributed by atoms with Crippen molar-refractivity contribution in [2.45, 2.75) is 0 Å². The van der Waals surface area contributed by atoms with Gasteiger partial charge in [-0.1, -0.05) is 77.7 Å². The van der Waals surface area contributed by atoms with E-state index in [1.807, 2.05) is 115 Å². The van der Waals surface area contributed by atoms with Gasteiger partial charge in [0.2, 0.25) is 0 Å². The van der Waals surface area contributed by atoms with Gasteiger partial charge >= 0.3 is 0 Å². The minimum absolute atomic E-state index is 0. The van der Waals surface area contributed by atoms with Crippen LogP contribution in [0.25, 0.3) is 66.4 Å². The summed E-state index contributed by atoms with van der Waals surface area (Å²) < 4.78 is 21.5. The summed E-state index contributed by atoms with van der Waals surface area (Å²) in [4.78, 5) is 8.66. The average Bonchev–Trinajstić information content (AvgIpc) is 3.45. The van der Waals surface area contributed by atoms with Gasteiger partial charge in [0.15, 0.2) is 0 Å². The summed E-state index contributed by atoms with van der Waals surface area (Å²) in [5.74, 6) is -0.304. The van der Waals surface area contributed by atoms with Gasteiger partial charge in [-0.15, -0.1) is 54.1 Å². The van der Waals surface area contributed by atoms with Crippen molar-refractivity contribution in [2.75, 3.05) is 0 Å². The van der Waals surface area contributed by atoms with Crippen LogP contribution in [0.15, 0.2) is 144 Å². The zero-order chi connectivity index (χ0) is 28.3. The van der Waals surface area contributed by atoms with E-state index >= 15 is 4.39 Å². The maximum absolute atomic E-state index is 15.2. The zero-order valence-electron chi connectivity index (χ0n) is 22.8. The second-order valence-electron chi connectivity index (χ2n) is 9.73. The van der Waals surface area contributed by atoms with E-state index in [9.17, 15) is 0 Å². The number of nitrogens with zero attached hydrogens (tertiary/aromatic N) is 2. The molecule has 0 aliphatic heterocycles. The van der Waals surface area contributed by atoms with Crippen LogP contribution in [0.1, 0.15) is 0 Å². The van der Waals surface area contributed by atoms with E-state index in [-0.39, 0.29) is 25.9 Å². The number of rotatable bonds is 3. The van der Waals surface area contributed by atoms with E-state index < -0.39 is 0 Å². The number of aromatic nitrogens is 2. The number of furan rings is 1. The van der Waals surface area contributed by atoms with Gasteiger partial charge in [-0.05, 0) is 52.0 Å². The van der Waals surface area contributed by atoms with Crippen LogP contribution in [0.2, 0.25) is 0 Å². The van der Waals surface area contributed by atoms with E-state index in [4.69, 9.17) is 4.42 Å². The first-order chi connectivity index (χ1) is 20.8. The third-order valence-electron chi connectivity index (χ3n) is 7.18. The van der Waals surface area contributed by atoms with Crippen molar-refractivity contribution >= 4 is 32.7 Å². The molecule has 3 heterocycles. The maximum atomic E-state index is 15.2. The molecule has 8 rings (SSSR count). The number of pyridine rings is 2. The van der Waals surface area contributed by atoms with E-state index in [0.29, 0.717) is 16.7 Å². The van der Waals surface area contributed by atoms with Crippen molar-refractivity contribution in [3.8, 4) is 33.6 Å². The van der Waals surface area contributed by atoms with Crippen LogP contribution in [0, 0.1) is 17.9 Å². The van der Waals surface area contributed by atoms with Crippen LogP contribution >= 0.6 is 0 Å². The topological polar surface area (TPSA) is 38.9 Å². The van der Waals surface area contributed by atoms with E-state index in [2.05, 4.69) is 22.1 Å². The van der Waals surface area contributed by atoms with Crippen LogP contribution in [0.4, 0.5) is 4.39 Å². The van der Waals surface area contributed by atoms with Gasteiger partial charge in [0.25, 0.3) is 0 Å². The molecule has 0 saturated heterocycles. The van der Waals surface area contributed by atoms with Gasteiger partial charge in [-0.25, -0.2) is 4.39 Å². The molecule has 0 unspecified atom stereocenters. The predicted molar refractivity (Wildman–Crippen MR) is 167 cm³/mol. The van der Waals surface area contributed by atoms with E-state index in [1.54, 1.807) is 18.5 Å². The standard InChI is InChI=1S/C27H15FNO.C11H8N.Ir/c28-23-15-14-21-20-11-6-12-22(24-13-3-4-16-29-24)26(20)30-27(21)25(23)19-10-5-8-17-7-1-2-9-18(17)19;1-2-6-10(7-3-1)11-8-4-5-9-12-11;/h1-11,13-16H;1-6,8-9H;/q2*-1;. The van der Waals surface area contributed by atoms with Gasteiger partial charge in [0.05, 0.1) is 11.1 Å². The Labute approximate surface area is 262 Å². The summed E-state index contributed by atoms with van der Waals surface area (Å²) in [6.07, 6.45) is 3.53. The molecule has 0 amide bonds. The Morgan fingerprint density at radius 3 is 2.05 bits per heavy atom. The first kappa shape index (κ1) is 28.2. The molecule has 3 aromatic heterocycles. The fourth-order valence-electron chi connectivity index (χ4n) is 5.25. The monoisotopic (exact) mass is 735 g/mol. The minimum Gasteiger partial charge on any atom is -0.500 e. The zero-order valence-corrected chi connectivity index (χ0v) is 25.2. The maximum Gasteiger partial charge on any atom is 0.134 e. The number of benzene rings is 5. The van der Waals surface area contributed by atoms with Crippen molar-refractivity contribution in [3.63, 3.8) is 0 Å². The molecule has 1 radical (unpaired) electrons. The predicted octanol–water partition coefficient (Wildman–Crippen LogP) is 9.95. The number of fused-ring (bicyclic) bond motifs is 4. The van der Waals surface area contributed by atoms with Crippen molar-refractivity contribution in [2.24, 2.45) is 0 Å². The third kappa shape index (κ3) is 5.49. The van der Waals surface area contributed by atoms with Crippen molar-refractivity contribution < 1.29 is 28.9 Å². The van der Waals surface area contributed by atoms with Crippen LogP contribution in [-0.4, -0.2) is 9.97 Å². The average molecular weight is 735 g/mol. The molecule has 0 spiro atoms.